The fourth-order valence-electron chi connectivity index (χ4n) is 1.65. The highest BCUT2D eigenvalue weighted by Gasteiger charge is 2.12. The molecule has 0 amide bonds. The maximum atomic E-state index is 10.6. The first-order chi connectivity index (χ1) is 9.47. The molecule has 0 bridgehead atoms. The van der Waals surface area contributed by atoms with Crippen LogP contribution in [0.1, 0.15) is 18.6 Å². The number of aliphatic hydroxyl groups is 1. The molecule has 0 radical (unpaired) electrons. The van der Waals surface area contributed by atoms with Crippen molar-refractivity contribution in [1.29, 1.82) is 0 Å². The van der Waals surface area contributed by atoms with Crippen molar-refractivity contribution < 1.29 is 14.8 Å². The lowest BCUT2D eigenvalue weighted by Crippen LogP contribution is -1.92. The van der Waals surface area contributed by atoms with Crippen LogP contribution in [-0.2, 0) is 0 Å². The lowest BCUT2D eigenvalue weighted by atomic mass is 10.1. The molecule has 6 heteroatoms. The molecular formula is C14H12ClNO4. The van der Waals surface area contributed by atoms with Crippen molar-refractivity contribution in [3.8, 4) is 11.5 Å². The molecule has 0 saturated carbocycles. The summed E-state index contributed by atoms with van der Waals surface area (Å²) < 4.78 is 5.54. The summed E-state index contributed by atoms with van der Waals surface area (Å²) in [5.74, 6) is 0.963. The second-order valence-electron chi connectivity index (χ2n) is 4.22. The van der Waals surface area contributed by atoms with Gasteiger partial charge in [0.25, 0.3) is 5.69 Å². The Morgan fingerprint density at radius 2 is 1.80 bits per heavy atom. The number of nitrogens with zero attached hydrogens (tertiary/aromatic N) is 1. The van der Waals surface area contributed by atoms with Crippen LogP contribution in [0.4, 0.5) is 5.69 Å². The molecule has 104 valence electrons. The van der Waals surface area contributed by atoms with Crippen LogP contribution in [0.2, 0.25) is 5.02 Å². The zero-order valence-corrected chi connectivity index (χ0v) is 11.4. The molecule has 0 saturated heterocycles. The summed E-state index contributed by atoms with van der Waals surface area (Å²) in [7, 11) is 0. The molecule has 2 aromatic carbocycles. The maximum Gasteiger partial charge on any atom is 0.288 e. The predicted molar refractivity (Wildman–Crippen MR) is 75.3 cm³/mol. The molecule has 1 N–H and O–H groups in total. The van der Waals surface area contributed by atoms with E-state index in [9.17, 15) is 15.2 Å². The van der Waals surface area contributed by atoms with Gasteiger partial charge in [0.05, 0.1) is 11.0 Å². The van der Waals surface area contributed by atoms with Gasteiger partial charge >= 0.3 is 0 Å². The van der Waals surface area contributed by atoms with E-state index in [-0.39, 0.29) is 10.7 Å². The number of aliphatic hydroxyl groups excluding tert-OH is 1. The van der Waals surface area contributed by atoms with Crippen molar-refractivity contribution in [3.05, 3.63) is 63.2 Å². The largest absolute Gasteiger partial charge is 0.457 e. The average molecular weight is 294 g/mol. The van der Waals surface area contributed by atoms with Gasteiger partial charge in [-0.05, 0) is 30.7 Å². The molecule has 0 aliphatic heterocycles. The maximum absolute atomic E-state index is 10.6. The van der Waals surface area contributed by atoms with E-state index in [2.05, 4.69) is 0 Å². The zero-order valence-electron chi connectivity index (χ0n) is 10.6. The SMILES string of the molecule is C[C@@H](O)c1ccc(Oc2ccc([N+](=O)[O-])c(Cl)c2)cc1. The first-order valence-corrected chi connectivity index (χ1v) is 6.25. The fourth-order valence-corrected chi connectivity index (χ4v) is 1.89. The quantitative estimate of drug-likeness (QED) is 0.680. The van der Waals surface area contributed by atoms with Gasteiger partial charge in [-0.1, -0.05) is 23.7 Å². The van der Waals surface area contributed by atoms with Crippen molar-refractivity contribution in [2.24, 2.45) is 0 Å². The molecule has 2 aromatic rings. The number of ether oxygens (including phenoxy) is 1. The first kappa shape index (κ1) is 14.3. The van der Waals surface area contributed by atoms with E-state index < -0.39 is 11.0 Å². The molecule has 1 atom stereocenters. The van der Waals surface area contributed by atoms with E-state index in [1.807, 2.05) is 0 Å². The second-order valence-corrected chi connectivity index (χ2v) is 4.62. The smallest absolute Gasteiger partial charge is 0.288 e. The molecule has 0 unspecified atom stereocenters. The number of benzene rings is 2. The van der Waals surface area contributed by atoms with Crippen molar-refractivity contribution >= 4 is 17.3 Å². The summed E-state index contributed by atoms with van der Waals surface area (Å²) in [5.41, 5.74) is 0.613. The third-order valence-corrected chi connectivity index (χ3v) is 3.02. The number of nitro groups is 1. The zero-order chi connectivity index (χ0) is 14.7. The lowest BCUT2D eigenvalue weighted by Gasteiger charge is -2.08. The van der Waals surface area contributed by atoms with Crippen LogP contribution in [0.15, 0.2) is 42.5 Å². The second kappa shape index (κ2) is 5.90. The van der Waals surface area contributed by atoms with Gasteiger partial charge in [0.1, 0.15) is 16.5 Å². The van der Waals surface area contributed by atoms with Crippen LogP contribution in [0.5, 0.6) is 11.5 Å². The number of nitro benzene ring substituents is 1. The standard InChI is InChI=1S/C14H12ClNO4/c1-9(17)10-2-4-11(5-3-10)20-12-6-7-14(16(18)19)13(15)8-12/h2-9,17H,1H3/t9-/m1/s1. The number of hydrogen-bond acceptors (Lipinski definition) is 4. The Morgan fingerprint density at radius 1 is 1.20 bits per heavy atom. The highest BCUT2D eigenvalue weighted by atomic mass is 35.5. The number of hydrogen-bond donors (Lipinski definition) is 1. The summed E-state index contributed by atoms with van der Waals surface area (Å²) in [6.07, 6.45) is -0.544. The van der Waals surface area contributed by atoms with Crippen molar-refractivity contribution in [3.63, 3.8) is 0 Å². The van der Waals surface area contributed by atoms with Gasteiger partial charge in [-0.25, -0.2) is 0 Å². The minimum Gasteiger partial charge on any atom is -0.457 e. The van der Waals surface area contributed by atoms with Crippen molar-refractivity contribution in [1.82, 2.24) is 0 Å². The Hall–Kier alpha value is -2.11. The van der Waals surface area contributed by atoms with Gasteiger partial charge in [0.15, 0.2) is 0 Å². The summed E-state index contributed by atoms with van der Waals surface area (Å²) >= 11 is 5.80. The van der Waals surface area contributed by atoms with Gasteiger partial charge in [-0.3, -0.25) is 10.1 Å². The van der Waals surface area contributed by atoms with Crippen LogP contribution in [-0.4, -0.2) is 10.0 Å². The van der Waals surface area contributed by atoms with Crippen LogP contribution in [0.3, 0.4) is 0 Å². The molecule has 0 fully saturated rings. The van der Waals surface area contributed by atoms with E-state index in [4.69, 9.17) is 16.3 Å². The van der Waals surface area contributed by atoms with Crippen molar-refractivity contribution in [2.45, 2.75) is 13.0 Å². The molecule has 0 aromatic heterocycles. The predicted octanol–water partition coefficient (Wildman–Crippen LogP) is 4.09. The van der Waals surface area contributed by atoms with Crippen molar-refractivity contribution in [2.75, 3.05) is 0 Å². The minimum absolute atomic E-state index is 0.0214. The Morgan fingerprint density at radius 3 is 2.30 bits per heavy atom. The van der Waals surface area contributed by atoms with Crippen LogP contribution < -0.4 is 4.74 Å². The third-order valence-electron chi connectivity index (χ3n) is 2.71. The normalized spacial score (nSPS) is 11.9. The van der Waals surface area contributed by atoms with Crippen LogP contribution >= 0.6 is 11.6 Å². The number of halogens is 1. The first-order valence-electron chi connectivity index (χ1n) is 5.87. The molecule has 2 rings (SSSR count). The molecule has 0 aliphatic rings. The highest BCUT2D eigenvalue weighted by molar-refractivity contribution is 6.32. The summed E-state index contributed by atoms with van der Waals surface area (Å²) in [4.78, 5) is 10.1. The average Bonchev–Trinajstić information content (AvgIpc) is 2.39. The third kappa shape index (κ3) is 3.26. The molecule has 0 heterocycles. The fraction of sp³-hybridized carbons (Fsp3) is 0.143. The van der Waals surface area contributed by atoms with Gasteiger partial charge in [-0.2, -0.15) is 0 Å². The van der Waals surface area contributed by atoms with Gasteiger partial charge < -0.3 is 9.84 Å². The molecule has 5 nitrogen and oxygen atoms in total. The molecule has 0 spiro atoms. The monoisotopic (exact) mass is 293 g/mol. The highest BCUT2D eigenvalue weighted by Crippen LogP contribution is 2.31. The lowest BCUT2D eigenvalue weighted by molar-refractivity contribution is -0.384. The van der Waals surface area contributed by atoms with Crippen LogP contribution in [0, 0.1) is 10.1 Å². The van der Waals surface area contributed by atoms with E-state index in [0.717, 1.165) is 5.56 Å². The Kier molecular flexibility index (Phi) is 4.22. The van der Waals surface area contributed by atoms with E-state index >= 15 is 0 Å². The van der Waals surface area contributed by atoms with E-state index in [1.165, 1.54) is 18.2 Å². The van der Waals surface area contributed by atoms with Gasteiger partial charge in [0.2, 0.25) is 0 Å². The summed E-state index contributed by atoms with van der Waals surface area (Å²) in [6, 6.07) is 11.1. The Balaban J connectivity index is 2.17. The number of rotatable bonds is 4. The minimum atomic E-state index is -0.552. The topological polar surface area (TPSA) is 72.6 Å². The summed E-state index contributed by atoms with van der Waals surface area (Å²) in [6.45, 7) is 1.67. The van der Waals surface area contributed by atoms with Gasteiger partial charge in [-0.15, -0.1) is 0 Å². The molecule has 20 heavy (non-hydrogen) atoms. The van der Waals surface area contributed by atoms with Crippen LogP contribution in [0.25, 0.3) is 0 Å². The Bertz CT molecular complexity index is 626. The van der Waals surface area contributed by atoms with E-state index in [0.29, 0.717) is 11.5 Å². The van der Waals surface area contributed by atoms with Gasteiger partial charge in [0, 0.05) is 12.1 Å². The Labute approximate surface area is 120 Å². The molecular weight excluding hydrogens is 282 g/mol. The summed E-state index contributed by atoms with van der Waals surface area (Å²) in [5, 5.41) is 20.1. The molecule has 0 aliphatic carbocycles. The van der Waals surface area contributed by atoms with E-state index in [1.54, 1.807) is 31.2 Å².